The van der Waals surface area contributed by atoms with E-state index in [9.17, 15) is 19.8 Å². The van der Waals surface area contributed by atoms with Gasteiger partial charge in [0.15, 0.2) is 0 Å². The van der Waals surface area contributed by atoms with Gasteiger partial charge in [0.05, 0.1) is 22.3 Å². The number of aromatic carboxylic acids is 2. The van der Waals surface area contributed by atoms with Crippen molar-refractivity contribution in [2.24, 2.45) is 5.92 Å². The van der Waals surface area contributed by atoms with E-state index in [0.29, 0.717) is 23.5 Å². The fourth-order valence-electron chi connectivity index (χ4n) is 2.21. The van der Waals surface area contributed by atoms with Crippen molar-refractivity contribution >= 4 is 11.9 Å². The molecule has 0 aliphatic carbocycles. The lowest BCUT2D eigenvalue weighted by Gasteiger charge is -2.36. The summed E-state index contributed by atoms with van der Waals surface area (Å²) in [4.78, 5) is 20.4. The molecule has 0 aliphatic rings. The van der Waals surface area contributed by atoms with E-state index in [2.05, 4.69) is 0 Å². The maximum atomic E-state index is 10.2. The Kier molecular flexibility index (Phi) is 10.9. The predicted molar refractivity (Wildman–Crippen MR) is 113 cm³/mol. The molecule has 0 saturated carbocycles. The van der Waals surface area contributed by atoms with Gasteiger partial charge in [-0.3, -0.25) is 0 Å². The normalized spacial score (nSPS) is 12.6. The van der Waals surface area contributed by atoms with E-state index in [-0.39, 0.29) is 0 Å². The van der Waals surface area contributed by atoms with Crippen molar-refractivity contribution in [3.8, 4) is 0 Å². The van der Waals surface area contributed by atoms with Crippen LogP contribution >= 0.6 is 0 Å². The van der Waals surface area contributed by atoms with Crippen molar-refractivity contribution in [3.05, 3.63) is 71.8 Å². The van der Waals surface area contributed by atoms with Crippen LogP contribution in [0.15, 0.2) is 60.7 Å². The number of hydrogen-bond donors (Lipinski definition) is 4. The van der Waals surface area contributed by atoms with Gasteiger partial charge in [0.1, 0.15) is 0 Å². The summed E-state index contributed by atoms with van der Waals surface area (Å²) in [5, 5.41) is 36.1. The third-order valence-electron chi connectivity index (χ3n) is 4.17. The van der Waals surface area contributed by atoms with Gasteiger partial charge in [0.25, 0.3) is 0 Å². The Bertz CT molecular complexity index is 681. The summed E-state index contributed by atoms with van der Waals surface area (Å²) in [7, 11) is 0. The molecule has 4 N–H and O–H groups in total. The summed E-state index contributed by atoms with van der Waals surface area (Å²) in [5.74, 6) is -1.36. The number of hydrogen-bond acceptors (Lipinski definition) is 4. The highest BCUT2D eigenvalue weighted by Crippen LogP contribution is 2.27. The second kappa shape index (κ2) is 12.0. The van der Waals surface area contributed by atoms with Crippen molar-refractivity contribution in [3.63, 3.8) is 0 Å². The molecule has 0 fully saturated rings. The summed E-state index contributed by atoms with van der Waals surface area (Å²) in [5.41, 5.74) is -1.34. The zero-order valence-corrected chi connectivity index (χ0v) is 17.7. The first kappa shape index (κ1) is 26.3. The molecule has 29 heavy (non-hydrogen) atoms. The molecule has 0 aromatic heterocycles. The van der Waals surface area contributed by atoms with Gasteiger partial charge in [-0.1, -0.05) is 50.2 Å². The van der Waals surface area contributed by atoms with Crippen molar-refractivity contribution < 1.29 is 30.0 Å². The number of carbonyl (C=O) groups is 2. The fourth-order valence-corrected chi connectivity index (χ4v) is 2.21. The van der Waals surface area contributed by atoms with Crippen LogP contribution < -0.4 is 0 Å². The predicted octanol–water partition coefficient (Wildman–Crippen LogP) is 4.32. The van der Waals surface area contributed by atoms with Gasteiger partial charge >= 0.3 is 11.9 Å². The number of carboxylic acids is 2. The molecule has 1 unspecified atom stereocenters. The third kappa shape index (κ3) is 11.0. The van der Waals surface area contributed by atoms with Gasteiger partial charge in [0.2, 0.25) is 0 Å². The minimum Gasteiger partial charge on any atom is -0.478 e. The Morgan fingerprint density at radius 3 is 1.21 bits per heavy atom. The highest BCUT2D eigenvalue weighted by Gasteiger charge is 2.37. The molecule has 2 aromatic rings. The second-order valence-corrected chi connectivity index (χ2v) is 7.77. The summed E-state index contributed by atoms with van der Waals surface area (Å²) in [6.07, 6.45) is 0.622. The zero-order chi connectivity index (χ0) is 22.7. The van der Waals surface area contributed by atoms with Crippen LogP contribution in [0.2, 0.25) is 0 Å². The molecule has 0 saturated heterocycles. The van der Waals surface area contributed by atoms with Gasteiger partial charge in [-0.15, -0.1) is 0 Å². The Morgan fingerprint density at radius 1 is 0.759 bits per heavy atom. The van der Waals surface area contributed by atoms with Crippen LogP contribution in [-0.2, 0) is 0 Å². The molecule has 6 nitrogen and oxygen atoms in total. The lowest BCUT2D eigenvalue weighted by molar-refractivity contribution is -0.129. The van der Waals surface area contributed by atoms with E-state index < -0.39 is 23.1 Å². The minimum absolute atomic E-state index is 0.331. The molecule has 0 heterocycles. The molecule has 0 spiro atoms. The zero-order valence-electron chi connectivity index (χ0n) is 17.7. The first-order valence-electron chi connectivity index (χ1n) is 9.29. The molecular weight excluding hydrogens is 372 g/mol. The highest BCUT2D eigenvalue weighted by molar-refractivity contribution is 5.87. The number of rotatable bonds is 5. The van der Waals surface area contributed by atoms with E-state index in [1.807, 2.05) is 13.8 Å². The van der Waals surface area contributed by atoms with Crippen LogP contribution in [0.25, 0.3) is 0 Å². The highest BCUT2D eigenvalue weighted by atomic mass is 16.4. The number of aliphatic hydroxyl groups is 2. The minimum atomic E-state index is -1.02. The molecule has 0 radical (unpaired) electrons. The average molecular weight is 405 g/mol. The maximum Gasteiger partial charge on any atom is 0.335 e. The largest absolute Gasteiger partial charge is 0.478 e. The summed E-state index contributed by atoms with van der Waals surface area (Å²) < 4.78 is 0. The van der Waals surface area contributed by atoms with Gasteiger partial charge in [0, 0.05) is 0 Å². The molecule has 160 valence electrons. The van der Waals surface area contributed by atoms with Crippen molar-refractivity contribution in [2.45, 2.75) is 52.2 Å². The summed E-state index contributed by atoms with van der Waals surface area (Å²) in [6.45, 7) is 9.00. The molecule has 2 aromatic carbocycles. The Balaban J connectivity index is 0.000000408. The Labute approximate surface area is 172 Å². The van der Waals surface area contributed by atoms with E-state index >= 15 is 0 Å². The lowest BCUT2D eigenvalue weighted by atomic mass is 9.81. The summed E-state index contributed by atoms with van der Waals surface area (Å²) >= 11 is 0. The lowest BCUT2D eigenvalue weighted by Crippen LogP contribution is -2.48. The quantitative estimate of drug-likeness (QED) is 0.590. The molecule has 0 aliphatic heterocycles. The monoisotopic (exact) mass is 404 g/mol. The van der Waals surface area contributed by atoms with Crippen LogP contribution in [-0.4, -0.2) is 43.6 Å². The standard InChI is InChI=1S/C9H20O2.2C7H6O2/c1-7(2)6-9(5,11)8(3,4)10;2*8-7(9)6-4-2-1-3-5-6/h7,10-11H,6H2,1-5H3;2*1-5H,(H,8,9). The number of benzene rings is 2. The van der Waals surface area contributed by atoms with E-state index in [0.717, 1.165) is 0 Å². The first-order valence-corrected chi connectivity index (χ1v) is 9.29. The van der Waals surface area contributed by atoms with Crippen molar-refractivity contribution in [2.75, 3.05) is 0 Å². The summed E-state index contributed by atoms with van der Waals surface area (Å²) in [6, 6.07) is 16.6. The van der Waals surface area contributed by atoms with Gasteiger partial charge < -0.3 is 20.4 Å². The van der Waals surface area contributed by atoms with E-state index in [1.165, 1.54) is 0 Å². The topological polar surface area (TPSA) is 115 Å². The fraction of sp³-hybridized carbons (Fsp3) is 0.391. The van der Waals surface area contributed by atoms with Gasteiger partial charge in [-0.2, -0.15) is 0 Å². The average Bonchev–Trinajstić information content (AvgIpc) is 2.62. The van der Waals surface area contributed by atoms with E-state index in [1.54, 1.807) is 81.4 Å². The molecule has 0 bridgehead atoms. The van der Waals surface area contributed by atoms with Crippen LogP contribution in [0.5, 0.6) is 0 Å². The maximum absolute atomic E-state index is 10.2. The van der Waals surface area contributed by atoms with E-state index in [4.69, 9.17) is 10.2 Å². The first-order chi connectivity index (χ1) is 13.3. The molecule has 1 atom stereocenters. The van der Waals surface area contributed by atoms with Crippen molar-refractivity contribution in [1.29, 1.82) is 0 Å². The molecule has 2 rings (SSSR count). The van der Waals surface area contributed by atoms with Crippen LogP contribution in [0.4, 0.5) is 0 Å². The van der Waals surface area contributed by atoms with Crippen LogP contribution in [0, 0.1) is 5.92 Å². The van der Waals surface area contributed by atoms with Crippen LogP contribution in [0.3, 0.4) is 0 Å². The Morgan fingerprint density at radius 2 is 1.07 bits per heavy atom. The molecule has 0 amide bonds. The number of carboxylic acid groups (broad SMARTS) is 2. The molecular formula is C23H32O6. The third-order valence-corrected chi connectivity index (χ3v) is 4.17. The SMILES string of the molecule is CC(C)CC(C)(O)C(C)(C)O.O=C(O)c1ccccc1.O=C(O)c1ccccc1. The second-order valence-electron chi connectivity index (χ2n) is 7.77. The van der Waals surface area contributed by atoms with Crippen LogP contribution in [0.1, 0.15) is 61.8 Å². The molecule has 6 heteroatoms. The van der Waals surface area contributed by atoms with Crippen molar-refractivity contribution in [1.82, 2.24) is 0 Å². The smallest absolute Gasteiger partial charge is 0.335 e. The van der Waals surface area contributed by atoms with Gasteiger partial charge in [-0.05, 0) is 57.4 Å². The Hall–Kier alpha value is -2.70. The van der Waals surface area contributed by atoms with Gasteiger partial charge in [-0.25, -0.2) is 9.59 Å².